The number of phenolic OH excluding ortho intramolecular Hbond substituents is 1. The van der Waals surface area contributed by atoms with E-state index in [1.165, 1.54) is 13.2 Å². The van der Waals surface area contributed by atoms with Crippen LogP contribution in [0.1, 0.15) is 25.0 Å². The number of allylic oxidation sites excluding steroid dienone is 1. The fourth-order valence-corrected chi connectivity index (χ4v) is 2.50. The van der Waals surface area contributed by atoms with Crippen LogP contribution in [-0.2, 0) is 5.60 Å². The Kier molecular flexibility index (Phi) is 5.93. The average molecular weight is 344 g/mol. The van der Waals surface area contributed by atoms with Crippen LogP contribution in [0.15, 0.2) is 42.5 Å². The van der Waals surface area contributed by atoms with Crippen LogP contribution in [0.25, 0.3) is 6.08 Å². The zero-order chi connectivity index (χ0) is 18.4. The van der Waals surface area contributed by atoms with Gasteiger partial charge in [0.15, 0.2) is 28.6 Å². The topological polar surface area (TPSA) is 68.2 Å². The van der Waals surface area contributed by atoms with Crippen LogP contribution in [0.3, 0.4) is 0 Å². The number of ether oxygens (including phenoxy) is 3. The van der Waals surface area contributed by atoms with Crippen LogP contribution < -0.4 is 14.2 Å². The van der Waals surface area contributed by atoms with Crippen LogP contribution >= 0.6 is 0 Å². The molecular formula is C20H24O5. The summed E-state index contributed by atoms with van der Waals surface area (Å²) in [6.45, 7) is 3.44. The molecule has 1 unspecified atom stereocenters. The Bertz CT molecular complexity index is 754. The standard InChI is InChI=1S/C20H24O5/c1-5-6-14-7-10-17(19(11-14)24-4)25-20(2,13-21)15-8-9-16(22)18(12-15)23-3/h5-12,21-22H,13H2,1-4H3/b6-5+. The molecule has 0 saturated heterocycles. The summed E-state index contributed by atoms with van der Waals surface area (Å²) in [5, 5.41) is 19.7. The first-order valence-corrected chi connectivity index (χ1v) is 7.95. The molecule has 0 amide bonds. The number of hydrogen-bond donors (Lipinski definition) is 2. The first-order valence-electron chi connectivity index (χ1n) is 7.95. The van der Waals surface area contributed by atoms with E-state index in [4.69, 9.17) is 14.2 Å². The molecule has 0 aliphatic heterocycles. The Labute approximate surface area is 148 Å². The van der Waals surface area contributed by atoms with Gasteiger partial charge in [-0.15, -0.1) is 0 Å². The molecule has 0 heterocycles. The summed E-state index contributed by atoms with van der Waals surface area (Å²) in [6.07, 6.45) is 3.90. The number of aliphatic hydroxyl groups excluding tert-OH is 1. The fourth-order valence-electron chi connectivity index (χ4n) is 2.50. The third kappa shape index (κ3) is 4.06. The summed E-state index contributed by atoms with van der Waals surface area (Å²) in [6, 6.07) is 10.4. The maximum atomic E-state index is 9.96. The zero-order valence-electron chi connectivity index (χ0n) is 14.9. The molecule has 1 atom stereocenters. The second-order valence-corrected chi connectivity index (χ2v) is 5.79. The minimum Gasteiger partial charge on any atom is -0.504 e. The van der Waals surface area contributed by atoms with E-state index in [1.54, 1.807) is 32.2 Å². The summed E-state index contributed by atoms with van der Waals surface area (Å²) in [4.78, 5) is 0. The molecular weight excluding hydrogens is 320 g/mol. The highest BCUT2D eigenvalue weighted by molar-refractivity contribution is 5.56. The van der Waals surface area contributed by atoms with E-state index in [0.717, 1.165) is 5.56 Å². The Hall–Kier alpha value is -2.66. The molecule has 2 rings (SSSR count). The number of phenols is 1. The number of hydrogen-bond acceptors (Lipinski definition) is 5. The lowest BCUT2D eigenvalue weighted by atomic mass is 9.96. The van der Waals surface area contributed by atoms with Crippen molar-refractivity contribution in [1.82, 2.24) is 0 Å². The van der Waals surface area contributed by atoms with Gasteiger partial charge in [0.2, 0.25) is 0 Å². The molecule has 0 bridgehead atoms. The van der Waals surface area contributed by atoms with E-state index in [9.17, 15) is 10.2 Å². The van der Waals surface area contributed by atoms with E-state index in [1.807, 2.05) is 31.2 Å². The highest BCUT2D eigenvalue weighted by atomic mass is 16.5. The Morgan fingerprint density at radius 3 is 2.32 bits per heavy atom. The summed E-state index contributed by atoms with van der Waals surface area (Å²) in [7, 11) is 3.04. The van der Waals surface area contributed by atoms with Crippen molar-refractivity contribution in [1.29, 1.82) is 0 Å². The molecule has 134 valence electrons. The van der Waals surface area contributed by atoms with Crippen molar-refractivity contribution in [3.8, 4) is 23.0 Å². The van der Waals surface area contributed by atoms with Gasteiger partial charge in [-0.1, -0.05) is 24.3 Å². The Morgan fingerprint density at radius 1 is 1.00 bits per heavy atom. The van der Waals surface area contributed by atoms with Crippen LogP contribution in [0.4, 0.5) is 0 Å². The predicted octanol–water partition coefficient (Wildman–Crippen LogP) is 3.73. The highest BCUT2D eigenvalue weighted by Crippen LogP contribution is 2.37. The molecule has 5 heteroatoms. The van der Waals surface area contributed by atoms with Crippen molar-refractivity contribution in [2.45, 2.75) is 19.4 Å². The van der Waals surface area contributed by atoms with Crippen LogP contribution in [0.5, 0.6) is 23.0 Å². The molecule has 25 heavy (non-hydrogen) atoms. The second kappa shape index (κ2) is 7.94. The quantitative estimate of drug-likeness (QED) is 0.801. The minimum atomic E-state index is -1.03. The van der Waals surface area contributed by atoms with Gasteiger partial charge in [-0.2, -0.15) is 0 Å². The van der Waals surface area contributed by atoms with Crippen molar-refractivity contribution in [3.05, 3.63) is 53.6 Å². The normalized spacial score (nSPS) is 13.5. The lowest BCUT2D eigenvalue weighted by molar-refractivity contribution is 0.0194. The number of benzene rings is 2. The van der Waals surface area contributed by atoms with E-state index in [0.29, 0.717) is 22.8 Å². The lowest BCUT2D eigenvalue weighted by Crippen LogP contribution is -2.33. The SMILES string of the molecule is C/C=C/c1ccc(OC(C)(CO)c2ccc(O)c(OC)c2)c(OC)c1. The number of aromatic hydroxyl groups is 1. The summed E-state index contributed by atoms with van der Waals surface area (Å²) in [5.74, 6) is 1.43. The number of rotatable bonds is 7. The van der Waals surface area contributed by atoms with Crippen LogP contribution in [0, 0.1) is 0 Å². The van der Waals surface area contributed by atoms with Gasteiger partial charge in [-0.05, 0) is 43.7 Å². The van der Waals surface area contributed by atoms with Gasteiger partial charge in [0, 0.05) is 5.56 Å². The molecule has 0 aliphatic rings. The first-order chi connectivity index (χ1) is 12.0. The monoisotopic (exact) mass is 344 g/mol. The van der Waals surface area contributed by atoms with E-state index < -0.39 is 5.60 Å². The number of aliphatic hydroxyl groups is 1. The maximum Gasteiger partial charge on any atom is 0.162 e. The highest BCUT2D eigenvalue weighted by Gasteiger charge is 2.30. The van der Waals surface area contributed by atoms with Crippen LogP contribution in [-0.4, -0.2) is 31.0 Å². The molecule has 2 N–H and O–H groups in total. The molecule has 0 radical (unpaired) electrons. The summed E-state index contributed by atoms with van der Waals surface area (Å²) in [5.41, 5.74) is 0.629. The largest absolute Gasteiger partial charge is 0.504 e. The fraction of sp³-hybridized carbons (Fsp3) is 0.300. The summed E-state index contributed by atoms with van der Waals surface area (Å²) < 4.78 is 16.7. The van der Waals surface area contributed by atoms with Crippen molar-refractivity contribution in [2.75, 3.05) is 20.8 Å². The third-order valence-corrected chi connectivity index (χ3v) is 3.97. The van der Waals surface area contributed by atoms with E-state index >= 15 is 0 Å². The lowest BCUT2D eigenvalue weighted by Gasteiger charge is -2.30. The van der Waals surface area contributed by atoms with Gasteiger partial charge in [-0.3, -0.25) is 0 Å². The second-order valence-electron chi connectivity index (χ2n) is 5.79. The molecule has 0 fully saturated rings. The molecule has 5 nitrogen and oxygen atoms in total. The molecule has 0 spiro atoms. The Morgan fingerprint density at radius 2 is 1.72 bits per heavy atom. The molecule has 0 aromatic heterocycles. The van der Waals surface area contributed by atoms with Gasteiger partial charge < -0.3 is 24.4 Å². The van der Waals surface area contributed by atoms with E-state index in [2.05, 4.69) is 0 Å². The third-order valence-electron chi connectivity index (χ3n) is 3.97. The summed E-state index contributed by atoms with van der Waals surface area (Å²) >= 11 is 0. The molecule has 2 aromatic rings. The first kappa shape index (κ1) is 18.7. The van der Waals surface area contributed by atoms with Gasteiger partial charge in [-0.25, -0.2) is 0 Å². The molecule has 0 aliphatic carbocycles. The van der Waals surface area contributed by atoms with Gasteiger partial charge in [0.05, 0.1) is 20.8 Å². The maximum absolute atomic E-state index is 9.96. The predicted molar refractivity (Wildman–Crippen MR) is 97.4 cm³/mol. The Balaban J connectivity index is 2.41. The van der Waals surface area contributed by atoms with Crippen molar-refractivity contribution >= 4 is 6.08 Å². The van der Waals surface area contributed by atoms with Crippen molar-refractivity contribution < 1.29 is 24.4 Å². The van der Waals surface area contributed by atoms with Gasteiger partial charge in [0.1, 0.15) is 0 Å². The minimum absolute atomic E-state index is 0.0276. The van der Waals surface area contributed by atoms with E-state index in [-0.39, 0.29) is 12.4 Å². The van der Waals surface area contributed by atoms with Gasteiger partial charge in [0.25, 0.3) is 0 Å². The average Bonchev–Trinajstić information content (AvgIpc) is 2.63. The van der Waals surface area contributed by atoms with Gasteiger partial charge >= 0.3 is 0 Å². The number of methoxy groups -OCH3 is 2. The van der Waals surface area contributed by atoms with Crippen molar-refractivity contribution in [2.24, 2.45) is 0 Å². The van der Waals surface area contributed by atoms with Crippen LogP contribution in [0.2, 0.25) is 0 Å². The zero-order valence-corrected chi connectivity index (χ0v) is 14.9. The van der Waals surface area contributed by atoms with Crippen molar-refractivity contribution in [3.63, 3.8) is 0 Å². The molecule has 0 saturated carbocycles. The molecule has 2 aromatic carbocycles. The smallest absolute Gasteiger partial charge is 0.162 e.